The van der Waals surface area contributed by atoms with E-state index in [9.17, 15) is 0 Å². The van der Waals surface area contributed by atoms with Crippen molar-refractivity contribution >= 4 is 11.8 Å². The molecule has 2 aromatic carbocycles. The minimum atomic E-state index is 0.170. The van der Waals surface area contributed by atoms with Crippen molar-refractivity contribution in [3.63, 3.8) is 0 Å². The van der Waals surface area contributed by atoms with E-state index in [1.54, 1.807) is 0 Å². The van der Waals surface area contributed by atoms with Crippen LogP contribution >= 0.6 is 0 Å². The lowest BCUT2D eigenvalue weighted by atomic mass is 10.1. The fourth-order valence-corrected chi connectivity index (χ4v) is 4.62. The van der Waals surface area contributed by atoms with E-state index in [0.29, 0.717) is 0 Å². The molecule has 2 fully saturated rings. The lowest BCUT2D eigenvalue weighted by Gasteiger charge is -2.18. The van der Waals surface area contributed by atoms with Crippen molar-refractivity contribution in [2.24, 2.45) is 0 Å². The molecule has 27 heavy (non-hydrogen) atoms. The van der Waals surface area contributed by atoms with Gasteiger partial charge in [-0.2, -0.15) is 0 Å². The molecule has 0 spiro atoms. The molecular formula is C23H27N4+. The number of hydrogen-bond acceptors (Lipinski definition) is 0. The molecule has 2 aliphatic heterocycles. The summed E-state index contributed by atoms with van der Waals surface area (Å²) in [5.74, 6) is 2.26. The van der Waals surface area contributed by atoms with Crippen LogP contribution in [0.3, 0.4) is 0 Å². The minimum Gasteiger partial charge on any atom is -0.302 e. The first-order chi connectivity index (χ1) is 13.3. The maximum Gasteiger partial charge on any atom is 0.397 e. The lowest BCUT2D eigenvalue weighted by molar-refractivity contribution is 0.484. The Hall–Kier alpha value is -2.71. The Balaban J connectivity index is 1.58. The van der Waals surface area contributed by atoms with E-state index in [-0.39, 0.29) is 6.04 Å². The summed E-state index contributed by atoms with van der Waals surface area (Å²) in [6.07, 6.45) is 4.79. The second kappa shape index (κ2) is 6.79. The normalized spacial score (nSPS) is 18.5. The van der Waals surface area contributed by atoms with E-state index in [4.69, 9.17) is 4.67 Å². The van der Waals surface area contributed by atoms with Gasteiger partial charge < -0.3 is 4.90 Å². The molecule has 2 saturated heterocycles. The molecule has 2 aromatic rings. The van der Waals surface area contributed by atoms with E-state index in [1.807, 2.05) is 0 Å². The van der Waals surface area contributed by atoms with Gasteiger partial charge in [0.1, 0.15) is 6.04 Å². The highest BCUT2D eigenvalue weighted by atomic mass is 15.3. The molecule has 3 aliphatic rings. The van der Waals surface area contributed by atoms with Crippen molar-refractivity contribution in [3.05, 3.63) is 59.7 Å². The number of nitrogens with zero attached hydrogens (tertiary/aromatic N) is 3. The van der Waals surface area contributed by atoms with Gasteiger partial charge in [0.25, 0.3) is 5.84 Å². The number of amidine groups is 1. The third-order valence-electron chi connectivity index (χ3n) is 6.08. The van der Waals surface area contributed by atoms with E-state index in [0.717, 1.165) is 32.0 Å². The summed E-state index contributed by atoms with van der Waals surface area (Å²) in [7, 11) is 2.16. The number of guanidine groups is 1. The Kier molecular flexibility index (Phi) is 4.14. The first-order valence-electron chi connectivity index (χ1n) is 10.2. The number of likely N-dealkylation sites (tertiary alicyclic amines) is 2. The summed E-state index contributed by atoms with van der Waals surface area (Å²) in [6.45, 7) is 3.30. The number of rotatable bonds is 1. The van der Waals surface area contributed by atoms with Crippen LogP contribution in [0.4, 0.5) is 0 Å². The summed E-state index contributed by atoms with van der Waals surface area (Å²) in [4.78, 5) is 4.73. The van der Waals surface area contributed by atoms with Gasteiger partial charge in [0.05, 0.1) is 19.6 Å². The molecule has 4 heteroatoms. The second-order valence-electron chi connectivity index (χ2n) is 7.82. The smallest absolute Gasteiger partial charge is 0.302 e. The van der Waals surface area contributed by atoms with Crippen molar-refractivity contribution in [3.8, 4) is 11.1 Å². The van der Waals surface area contributed by atoms with Crippen molar-refractivity contribution in [1.82, 2.24) is 19.8 Å². The number of hydrogen-bond donors (Lipinski definition) is 1. The summed E-state index contributed by atoms with van der Waals surface area (Å²) >= 11 is 0. The summed E-state index contributed by atoms with van der Waals surface area (Å²) in [5, 5.41) is 3.85. The van der Waals surface area contributed by atoms with Crippen LogP contribution in [0.25, 0.3) is 11.1 Å². The average Bonchev–Trinajstić information content (AvgIpc) is 3.43. The van der Waals surface area contributed by atoms with E-state index in [2.05, 4.69) is 70.7 Å². The van der Waals surface area contributed by atoms with E-state index < -0.39 is 0 Å². The Morgan fingerprint density at radius 1 is 0.889 bits per heavy atom. The third-order valence-corrected chi connectivity index (χ3v) is 6.08. The largest absolute Gasteiger partial charge is 0.397 e. The van der Waals surface area contributed by atoms with Crippen LogP contribution in [0.2, 0.25) is 0 Å². The van der Waals surface area contributed by atoms with Gasteiger partial charge in [-0.3, -0.25) is 10.2 Å². The molecule has 138 valence electrons. The number of fused-ring (bicyclic) bond motifs is 3. The molecule has 0 saturated carbocycles. The molecule has 0 radical (unpaired) electrons. The molecule has 4 nitrogen and oxygen atoms in total. The molecule has 0 unspecified atom stereocenters. The minimum absolute atomic E-state index is 0.170. The van der Waals surface area contributed by atoms with Crippen molar-refractivity contribution in [2.75, 3.05) is 26.7 Å². The second-order valence-corrected chi connectivity index (χ2v) is 7.82. The van der Waals surface area contributed by atoms with Gasteiger partial charge in [0, 0.05) is 13.5 Å². The highest BCUT2D eigenvalue weighted by Gasteiger charge is 2.34. The topological polar surface area (TPSA) is 32.6 Å². The molecule has 2 heterocycles. The molecule has 0 atom stereocenters. The highest BCUT2D eigenvalue weighted by Crippen LogP contribution is 2.43. The predicted octanol–water partition coefficient (Wildman–Crippen LogP) is 2.99. The summed E-state index contributed by atoms with van der Waals surface area (Å²) < 4.78 is 5.12. The Morgan fingerprint density at radius 3 is 2.11 bits per heavy atom. The van der Waals surface area contributed by atoms with Gasteiger partial charge in [-0.15, -0.1) is 0 Å². The lowest BCUT2D eigenvalue weighted by Crippen LogP contribution is -2.44. The van der Waals surface area contributed by atoms with Crippen LogP contribution in [0.1, 0.15) is 42.9 Å². The van der Waals surface area contributed by atoms with Gasteiger partial charge in [-0.1, -0.05) is 48.5 Å². The molecule has 0 aromatic heterocycles. The fourth-order valence-electron chi connectivity index (χ4n) is 4.62. The predicted molar refractivity (Wildman–Crippen MR) is 112 cm³/mol. The summed E-state index contributed by atoms with van der Waals surface area (Å²) in [5.41, 5.74) is 5.40. The van der Waals surface area contributed by atoms with Crippen LogP contribution in [0, 0.1) is 0 Å². The third kappa shape index (κ3) is 2.90. The van der Waals surface area contributed by atoms with Crippen LogP contribution in [0.15, 0.2) is 48.5 Å². The SMILES string of the molecule is CN1CCCC1=[N+]=C(NC1c2ccccc2-c2ccccc21)N1CCCC1. The Bertz CT molecular complexity index is 874. The van der Waals surface area contributed by atoms with Gasteiger partial charge >= 0.3 is 5.96 Å². The van der Waals surface area contributed by atoms with Crippen molar-refractivity contribution < 1.29 is 0 Å². The summed E-state index contributed by atoms with van der Waals surface area (Å²) in [6, 6.07) is 17.7. The number of nitrogens with one attached hydrogen (secondary N) is 1. The molecule has 0 bridgehead atoms. The van der Waals surface area contributed by atoms with Crippen LogP contribution in [-0.2, 0) is 0 Å². The molecular weight excluding hydrogens is 332 g/mol. The van der Waals surface area contributed by atoms with Crippen LogP contribution in [0.5, 0.6) is 0 Å². The van der Waals surface area contributed by atoms with E-state index >= 15 is 0 Å². The highest BCUT2D eigenvalue weighted by molar-refractivity contribution is 5.91. The van der Waals surface area contributed by atoms with Crippen LogP contribution < -0.4 is 9.98 Å². The first-order valence-corrected chi connectivity index (χ1v) is 10.2. The fraction of sp³-hybridized carbons (Fsp3) is 0.391. The van der Waals surface area contributed by atoms with Crippen molar-refractivity contribution in [1.29, 1.82) is 0 Å². The zero-order chi connectivity index (χ0) is 18.2. The zero-order valence-electron chi connectivity index (χ0n) is 16.0. The van der Waals surface area contributed by atoms with Gasteiger partial charge in [-0.05, 0) is 41.5 Å². The Morgan fingerprint density at radius 2 is 1.52 bits per heavy atom. The van der Waals surface area contributed by atoms with Crippen LogP contribution in [-0.4, -0.2) is 48.3 Å². The molecule has 0 amide bonds. The zero-order valence-corrected chi connectivity index (χ0v) is 16.0. The molecule has 1 N–H and O–H groups in total. The maximum absolute atomic E-state index is 5.12. The standard InChI is InChI=1S/C23H26N4/c1-26-14-8-13-21(26)24-23(27-15-6-7-16-27)25-22-19-11-4-2-9-17(19)18-10-3-5-12-20(18)22/h2-5,9-12,22H,6-8,13-16H2,1H3/p+1. The molecule has 1 aliphatic carbocycles. The average molecular weight is 359 g/mol. The quantitative estimate of drug-likeness (QED) is 0.483. The van der Waals surface area contributed by atoms with Gasteiger partial charge in [0.2, 0.25) is 0 Å². The first kappa shape index (κ1) is 16.5. The Labute approximate surface area is 161 Å². The maximum atomic E-state index is 5.12. The van der Waals surface area contributed by atoms with Gasteiger partial charge in [-0.25, -0.2) is 4.67 Å². The van der Waals surface area contributed by atoms with Crippen molar-refractivity contribution in [2.45, 2.75) is 31.7 Å². The number of benzene rings is 2. The van der Waals surface area contributed by atoms with E-state index in [1.165, 1.54) is 47.4 Å². The monoisotopic (exact) mass is 359 g/mol. The molecule has 5 rings (SSSR count). The van der Waals surface area contributed by atoms with Gasteiger partial charge in [0.15, 0.2) is 0 Å².